The van der Waals surface area contributed by atoms with Crippen LogP contribution in [0.25, 0.3) is 0 Å². The molecule has 2 aromatic rings. The van der Waals surface area contributed by atoms with Gasteiger partial charge in [-0.2, -0.15) is 0 Å². The SMILES string of the molecule is Cc1ccc(C(O)Cc2ccccc2Br)cc1Br. The molecule has 18 heavy (non-hydrogen) atoms. The molecule has 1 N–H and O–H groups in total. The summed E-state index contributed by atoms with van der Waals surface area (Å²) in [7, 11) is 0. The number of hydrogen-bond acceptors (Lipinski definition) is 1. The van der Waals surface area contributed by atoms with Crippen LogP contribution in [-0.4, -0.2) is 5.11 Å². The lowest BCUT2D eigenvalue weighted by Gasteiger charge is -2.13. The average molecular weight is 370 g/mol. The van der Waals surface area contributed by atoms with Crippen LogP contribution in [0.5, 0.6) is 0 Å². The second kappa shape index (κ2) is 6.00. The average Bonchev–Trinajstić information content (AvgIpc) is 2.35. The van der Waals surface area contributed by atoms with Crippen LogP contribution in [0.15, 0.2) is 51.4 Å². The van der Waals surface area contributed by atoms with Gasteiger partial charge in [0.1, 0.15) is 0 Å². The van der Waals surface area contributed by atoms with E-state index in [0.717, 1.165) is 20.1 Å². The number of benzene rings is 2. The molecule has 0 aliphatic carbocycles. The molecule has 0 bridgehead atoms. The number of hydrogen-bond donors (Lipinski definition) is 1. The van der Waals surface area contributed by atoms with Gasteiger partial charge < -0.3 is 5.11 Å². The summed E-state index contributed by atoms with van der Waals surface area (Å²) in [6, 6.07) is 13.9. The normalized spacial score (nSPS) is 12.4. The van der Waals surface area contributed by atoms with Crippen molar-refractivity contribution in [1.82, 2.24) is 0 Å². The highest BCUT2D eigenvalue weighted by Gasteiger charge is 2.11. The van der Waals surface area contributed by atoms with Crippen LogP contribution in [0.3, 0.4) is 0 Å². The largest absolute Gasteiger partial charge is 0.388 e. The first-order valence-electron chi connectivity index (χ1n) is 5.75. The standard InChI is InChI=1S/C15H14Br2O/c1-10-6-7-12(8-14(10)17)15(18)9-11-4-2-3-5-13(11)16/h2-8,15,18H,9H2,1H3. The third-order valence-electron chi connectivity index (χ3n) is 2.95. The van der Waals surface area contributed by atoms with E-state index in [9.17, 15) is 5.11 Å². The van der Waals surface area contributed by atoms with Gasteiger partial charge in [0.25, 0.3) is 0 Å². The molecule has 0 saturated carbocycles. The van der Waals surface area contributed by atoms with E-state index in [1.165, 1.54) is 5.56 Å². The summed E-state index contributed by atoms with van der Waals surface area (Å²) in [5.74, 6) is 0. The highest BCUT2D eigenvalue weighted by Crippen LogP contribution is 2.26. The van der Waals surface area contributed by atoms with Crippen LogP contribution in [0.2, 0.25) is 0 Å². The van der Waals surface area contributed by atoms with Crippen molar-refractivity contribution in [2.45, 2.75) is 19.4 Å². The third kappa shape index (κ3) is 3.22. The van der Waals surface area contributed by atoms with Crippen LogP contribution in [-0.2, 0) is 6.42 Å². The summed E-state index contributed by atoms with van der Waals surface area (Å²) < 4.78 is 2.07. The summed E-state index contributed by atoms with van der Waals surface area (Å²) in [4.78, 5) is 0. The van der Waals surface area contributed by atoms with Crippen LogP contribution < -0.4 is 0 Å². The molecule has 0 saturated heterocycles. The Kier molecular flexibility index (Phi) is 4.60. The molecule has 0 aromatic heterocycles. The quantitative estimate of drug-likeness (QED) is 0.824. The van der Waals surface area contributed by atoms with Gasteiger partial charge in [0.2, 0.25) is 0 Å². The zero-order valence-corrected chi connectivity index (χ0v) is 13.2. The maximum atomic E-state index is 10.3. The molecule has 94 valence electrons. The van der Waals surface area contributed by atoms with Crippen molar-refractivity contribution in [2.75, 3.05) is 0 Å². The van der Waals surface area contributed by atoms with E-state index in [4.69, 9.17) is 0 Å². The number of aryl methyl sites for hydroxylation is 1. The van der Waals surface area contributed by atoms with Crippen LogP contribution in [0, 0.1) is 6.92 Å². The molecule has 0 aliphatic heterocycles. The fraction of sp³-hybridized carbons (Fsp3) is 0.200. The Morgan fingerprint density at radius 1 is 1.06 bits per heavy atom. The molecule has 2 rings (SSSR count). The van der Waals surface area contributed by atoms with Crippen molar-refractivity contribution in [2.24, 2.45) is 0 Å². The Bertz CT molecular complexity index is 552. The molecule has 0 amide bonds. The van der Waals surface area contributed by atoms with E-state index in [1.54, 1.807) is 0 Å². The maximum Gasteiger partial charge on any atom is 0.0831 e. The van der Waals surface area contributed by atoms with Crippen molar-refractivity contribution < 1.29 is 5.11 Å². The Morgan fingerprint density at radius 3 is 2.44 bits per heavy atom. The summed E-state index contributed by atoms with van der Waals surface area (Å²) in [6.45, 7) is 2.04. The fourth-order valence-electron chi connectivity index (χ4n) is 1.81. The van der Waals surface area contributed by atoms with Crippen molar-refractivity contribution in [3.05, 3.63) is 68.1 Å². The molecule has 0 fully saturated rings. The number of rotatable bonds is 3. The van der Waals surface area contributed by atoms with Crippen molar-refractivity contribution in [3.8, 4) is 0 Å². The van der Waals surface area contributed by atoms with Gasteiger partial charge in [-0.05, 0) is 35.7 Å². The van der Waals surface area contributed by atoms with Gasteiger partial charge in [-0.3, -0.25) is 0 Å². The van der Waals surface area contributed by atoms with Crippen molar-refractivity contribution in [1.29, 1.82) is 0 Å². The zero-order valence-electron chi connectivity index (χ0n) is 10.0. The van der Waals surface area contributed by atoms with Gasteiger partial charge >= 0.3 is 0 Å². The minimum absolute atomic E-state index is 0.486. The van der Waals surface area contributed by atoms with Gasteiger partial charge in [0, 0.05) is 15.4 Å². The summed E-state index contributed by atoms with van der Waals surface area (Å²) in [5, 5.41) is 10.3. The number of aliphatic hydroxyl groups excluding tert-OH is 1. The van der Waals surface area contributed by atoms with E-state index in [0.29, 0.717) is 6.42 Å². The Morgan fingerprint density at radius 2 is 1.78 bits per heavy atom. The van der Waals surface area contributed by atoms with Crippen molar-refractivity contribution >= 4 is 31.9 Å². The highest BCUT2D eigenvalue weighted by molar-refractivity contribution is 9.10. The predicted molar refractivity (Wildman–Crippen MR) is 81.7 cm³/mol. The zero-order chi connectivity index (χ0) is 13.1. The van der Waals surface area contributed by atoms with E-state index >= 15 is 0 Å². The molecule has 0 radical (unpaired) electrons. The second-order valence-corrected chi connectivity index (χ2v) is 6.03. The molecule has 0 heterocycles. The van der Waals surface area contributed by atoms with Crippen LogP contribution >= 0.6 is 31.9 Å². The first kappa shape index (κ1) is 13.8. The van der Waals surface area contributed by atoms with Crippen LogP contribution in [0.4, 0.5) is 0 Å². The van der Waals surface area contributed by atoms with Gasteiger partial charge in [-0.25, -0.2) is 0 Å². The molecule has 1 atom stereocenters. The minimum Gasteiger partial charge on any atom is -0.388 e. The fourth-order valence-corrected chi connectivity index (χ4v) is 2.65. The molecule has 0 aliphatic rings. The Labute approximate surface area is 124 Å². The highest BCUT2D eigenvalue weighted by atomic mass is 79.9. The second-order valence-electron chi connectivity index (χ2n) is 4.32. The van der Waals surface area contributed by atoms with Gasteiger partial charge in [0.05, 0.1) is 6.10 Å². The maximum absolute atomic E-state index is 10.3. The van der Waals surface area contributed by atoms with E-state index in [1.807, 2.05) is 49.4 Å². The lowest BCUT2D eigenvalue weighted by atomic mass is 10.0. The molecule has 0 spiro atoms. The van der Waals surface area contributed by atoms with E-state index in [-0.39, 0.29) is 0 Å². The molecule has 1 nitrogen and oxygen atoms in total. The molecule has 3 heteroatoms. The topological polar surface area (TPSA) is 20.2 Å². The third-order valence-corrected chi connectivity index (χ3v) is 4.58. The molecule has 2 aromatic carbocycles. The predicted octanol–water partition coefficient (Wildman–Crippen LogP) is 4.80. The first-order valence-corrected chi connectivity index (χ1v) is 7.34. The molecular formula is C15H14Br2O. The summed E-state index contributed by atoms with van der Waals surface area (Å²) in [6.07, 6.45) is 0.123. The molecular weight excluding hydrogens is 356 g/mol. The summed E-state index contributed by atoms with van der Waals surface area (Å²) >= 11 is 7.00. The van der Waals surface area contributed by atoms with Crippen LogP contribution in [0.1, 0.15) is 22.8 Å². The van der Waals surface area contributed by atoms with E-state index in [2.05, 4.69) is 31.9 Å². The first-order chi connectivity index (χ1) is 8.58. The molecule has 1 unspecified atom stereocenters. The summed E-state index contributed by atoms with van der Waals surface area (Å²) in [5.41, 5.74) is 3.22. The van der Waals surface area contributed by atoms with Gasteiger partial charge in [0.15, 0.2) is 0 Å². The Hall–Kier alpha value is -0.640. The lowest BCUT2D eigenvalue weighted by molar-refractivity contribution is 0.178. The van der Waals surface area contributed by atoms with Gasteiger partial charge in [-0.1, -0.05) is 62.2 Å². The monoisotopic (exact) mass is 368 g/mol. The Balaban J connectivity index is 2.19. The van der Waals surface area contributed by atoms with Gasteiger partial charge in [-0.15, -0.1) is 0 Å². The van der Waals surface area contributed by atoms with E-state index < -0.39 is 6.10 Å². The number of halogens is 2. The number of aliphatic hydroxyl groups is 1. The van der Waals surface area contributed by atoms with Crippen molar-refractivity contribution in [3.63, 3.8) is 0 Å². The smallest absolute Gasteiger partial charge is 0.0831 e. The minimum atomic E-state index is -0.486. The lowest BCUT2D eigenvalue weighted by Crippen LogP contribution is -2.02.